The van der Waals surface area contributed by atoms with Crippen molar-refractivity contribution >= 4 is 26.7 Å². The number of hydrogen-bond donors (Lipinski definition) is 1. The van der Waals surface area contributed by atoms with E-state index in [2.05, 4.69) is 9.36 Å². The van der Waals surface area contributed by atoms with Crippen molar-refractivity contribution in [3.05, 3.63) is 66.0 Å². The van der Waals surface area contributed by atoms with Crippen LogP contribution >= 0.6 is 11.5 Å². The van der Waals surface area contributed by atoms with Gasteiger partial charge in [-0.1, -0.05) is 30.3 Å². The number of aromatic nitrogens is 2. The van der Waals surface area contributed by atoms with Crippen LogP contribution in [0.4, 0.5) is 18.3 Å². The van der Waals surface area contributed by atoms with E-state index in [0.717, 1.165) is 15.8 Å². The highest BCUT2D eigenvalue weighted by Gasteiger charge is 2.41. The number of sulfonamides is 1. The number of benzene rings is 2. The quantitative estimate of drug-likeness (QED) is 0.498. The zero-order valence-electron chi connectivity index (χ0n) is 18.6. The van der Waals surface area contributed by atoms with Gasteiger partial charge in [-0.2, -0.15) is 21.9 Å². The van der Waals surface area contributed by atoms with E-state index in [-0.39, 0.29) is 25.5 Å². The molecule has 0 bridgehead atoms. The Bertz CT molecular complexity index is 1240. The number of ether oxygens (including phenoxy) is 1. The van der Waals surface area contributed by atoms with Gasteiger partial charge in [0.15, 0.2) is 11.6 Å². The van der Waals surface area contributed by atoms with Gasteiger partial charge >= 0.3 is 6.18 Å². The molecule has 1 aromatic heterocycles. The van der Waals surface area contributed by atoms with Crippen molar-refractivity contribution in [2.45, 2.75) is 25.2 Å². The highest BCUT2D eigenvalue weighted by atomic mass is 32.2. The molecule has 2 heterocycles. The molecule has 0 spiro atoms. The van der Waals surface area contributed by atoms with Crippen LogP contribution in [0.1, 0.15) is 24.4 Å². The van der Waals surface area contributed by atoms with Crippen LogP contribution in [-0.4, -0.2) is 64.8 Å². The van der Waals surface area contributed by atoms with Crippen molar-refractivity contribution in [1.29, 1.82) is 0 Å². The molecule has 1 aliphatic heterocycles. The first-order chi connectivity index (χ1) is 16.5. The molecule has 13 heteroatoms. The molecule has 3 aromatic rings. The number of nitrogens with zero attached hydrogens (tertiary/aromatic N) is 4. The standard InChI is InChI=1S/C22H23F3N4O4S2/c1-15-13-28(35(31,32)14-22(23,24)25)11-12-29(15)21-26-20(27-34-21)19(30)16-7-9-18(10-8-16)33-17-5-3-2-4-6-17/h2-10,15,19,30H,11-14H2,1H3. The highest BCUT2D eigenvalue weighted by Crippen LogP contribution is 2.30. The van der Waals surface area contributed by atoms with Gasteiger partial charge in [0.1, 0.15) is 17.6 Å². The third-order valence-electron chi connectivity index (χ3n) is 5.43. The zero-order valence-corrected chi connectivity index (χ0v) is 20.2. The number of aliphatic hydroxyl groups excluding tert-OH is 1. The number of hydrogen-bond acceptors (Lipinski definition) is 8. The molecule has 0 radical (unpaired) electrons. The largest absolute Gasteiger partial charge is 0.457 e. The molecule has 188 valence electrons. The molecule has 1 aliphatic rings. The van der Waals surface area contributed by atoms with Crippen molar-refractivity contribution in [3.8, 4) is 11.5 Å². The van der Waals surface area contributed by atoms with E-state index in [1.54, 1.807) is 36.1 Å². The van der Waals surface area contributed by atoms with Crippen LogP contribution in [0.5, 0.6) is 11.5 Å². The number of piperazine rings is 1. The molecule has 2 aromatic carbocycles. The van der Waals surface area contributed by atoms with Crippen molar-refractivity contribution < 1.29 is 31.4 Å². The SMILES string of the molecule is CC1CN(S(=O)(=O)CC(F)(F)F)CCN1c1nc(C(O)c2ccc(Oc3ccccc3)cc2)ns1. The number of aliphatic hydroxyl groups is 1. The summed E-state index contributed by atoms with van der Waals surface area (Å²) in [5.74, 6) is -0.406. The average Bonchev–Trinajstić information content (AvgIpc) is 3.28. The van der Waals surface area contributed by atoms with Gasteiger partial charge in [-0.25, -0.2) is 13.4 Å². The molecule has 4 rings (SSSR count). The molecular formula is C22H23F3N4O4S2. The number of para-hydroxylation sites is 1. The lowest BCUT2D eigenvalue weighted by molar-refractivity contribution is -0.107. The maximum atomic E-state index is 12.6. The Kier molecular flexibility index (Phi) is 7.31. The van der Waals surface area contributed by atoms with E-state index in [0.29, 0.717) is 22.2 Å². The molecule has 0 saturated carbocycles. The van der Waals surface area contributed by atoms with Crippen LogP contribution < -0.4 is 9.64 Å². The summed E-state index contributed by atoms with van der Waals surface area (Å²) >= 11 is 1.04. The van der Waals surface area contributed by atoms with Gasteiger partial charge in [0.25, 0.3) is 0 Å². The van der Waals surface area contributed by atoms with Crippen molar-refractivity contribution in [2.75, 3.05) is 30.3 Å². The Balaban J connectivity index is 1.40. The monoisotopic (exact) mass is 528 g/mol. The lowest BCUT2D eigenvalue weighted by atomic mass is 10.1. The van der Waals surface area contributed by atoms with Crippen LogP contribution in [0.25, 0.3) is 0 Å². The third kappa shape index (κ3) is 6.28. The predicted octanol–water partition coefficient (Wildman–Crippen LogP) is 3.81. The third-order valence-corrected chi connectivity index (χ3v) is 8.00. The summed E-state index contributed by atoms with van der Waals surface area (Å²) in [6.07, 6.45) is -5.88. The fourth-order valence-corrected chi connectivity index (χ4v) is 5.93. The summed E-state index contributed by atoms with van der Waals surface area (Å²) < 4.78 is 72.9. The minimum absolute atomic E-state index is 0.0942. The van der Waals surface area contributed by atoms with E-state index in [1.165, 1.54) is 0 Å². The smallest absolute Gasteiger partial charge is 0.404 e. The van der Waals surface area contributed by atoms with Crippen molar-refractivity contribution in [3.63, 3.8) is 0 Å². The fourth-order valence-electron chi connectivity index (χ4n) is 3.71. The van der Waals surface area contributed by atoms with E-state index >= 15 is 0 Å². The summed E-state index contributed by atoms with van der Waals surface area (Å²) in [5, 5.41) is 11.2. The number of anilines is 1. The van der Waals surface area contributed by atoms with Gasteiger partial charge in [-0.05, 0) is 36.8 Å². The van der Waals surface area contributed by atoms with Gasteiger partial charge in [0.2, 0.25) is 15.2 Å². The molecule has 1 fully saturated rings. The summed E-state index contributed by atoms with van der Waals surface area (Å²) in [6, 6.07) is 15.7. The minimum atomic E-state index is -4.80. The summed E-state index contributed by atoms with van der Waals surface area (Å²) in [5.41, 5.74) is 0.561. The molecule has 1 saturated heterocycles. The van der Waals surface area contributed by atoms with Crippen LogP contribution in [0.15, 0.2) is 54.6 Å². The topological polar surface area (TPSA) is 95.9 Å². The normalized spacial score (nSPS) is 18.4. The second kappa shape index (κ2) is 10.1. The molecule has 1 N–H and O–H groups in total. The first-order valence-electron chi connectivity index (χ1n) is 10.7. The van der Waals surface area contributed by atoms with Gasteiger partial charge in [0, 0.05) is 37.2 Å². The number of rotatable bonds is 7. The van der Waals surface area contributed by atoms with Gasteiger partial charge in [-0.3, -0.25) is 0 Å². The van der Waals surface area contributed by atoms with Crippen LogP contribution in [0.2, 0.25) is 0 Å². The van der Waals surface area contributed by atoms with E-state index in [1.807, 2.05) is 30.3 Å². The Labute approximate surface area is 204 Å². The average molecular weight is 529 g/mol. The van der Waals surface area contributed by atoms with Crippen molar-refractivity contribution in [1.82, 2.24) is 13.7 Å². The molecule has 2 atom stereocenters. The highest BCUT2D eigenvalue weighted by molar-refractivity contribution is 7.89. The van der Waals surface area contributed by atoms with E-state index in [9.17, 15) is 26.7 Å². The van der Waals surface area contributed by atoms with Crippen molar-refractivity contribution in [2.24, 2.45) is 0 Å². The number of alkyl halides is 3. The molecule has 35 heavy (non-hydrogen) atoms. The Hall–Kier alpha value is -2.74. The fraction of sp³-hybridized carbons (Fsp3) is 0.364. The maximum Gasteiger partial charge on any atom is 0.404 e. The number of halogens is 3. The predicted molar refractivity (Wildman–Crippen MR) is 125 cm³/mol. The minimum Gasteiger partial charge on any atom is -0.457 e. The Morgan fingerprint density at radius 2 is 1.77 bits per heavy atom. The molecule has 0 amide bonds. The second-order valence-electron chi connectivity index (χ2n) is 8.09. The molecule has 2 unspecified atom stereocenters. The Morgan fingerprint density at radius 1 is 1.11 bits per heavy atom. The lowest BCUT2D eigenvalue weighted by Crippen LogP contribution is -2.55. The molecular weight excluding hydrogens is 505 g/mol. The van der Waals surface area contributed by atoms with E-state index < -0.39 is 34.1 Å². The molecule has 8 nitrogen and oxygen atoms in total. The van der Waals surface area contributed by atoms with Crippen LogP contribution in [0.3, 0.4) is 0 Å². The van der Waals surface area contributed by atoms with Gasteiger partial charge in [-0.15, -0.1) is 0 Å². The second-order valence-corrected chi connectivity index (χ2v) is 10.8. The first-order valence-corrected chi connectivity index (χ1v) is 13.1. The first kappa shape index (κ1) is 25.4. The lowest BCUT2D eigenvalue weighted by Gasteiger charge is -2.38. The Morgan fingerprint density at radius 3 is 2.40 bits per heavy atom. The van der Waals surface area contributed by atoms with Crippen LogP contribution in [0, 0.1) is 0 Å². The molecule has 0 aliphatic carbocycles. The summed E-state index contributed by atoms with van der Waals surface area (Å²) in [7, 11) is -4.45. The van der Waals surface area contributed by atoms with Gasteiger partial charge < -0.3 is 14.7 Å². The zero-order chi connectivity index (χ0) is 25.2. The maximum absolute atomic E-state index is 12.6. The summed E-state index contributed by atoms with van der Waals surface area (Å²) in [6.45, 7) is 1.68. The summed E-state index contributed by atoms with van der Waals surface area (Å²) in [4.78, 5) is 6.18. The van der Waals surface area contributed by atoms with Gasteiger partial charge in [0.05, 0.1) is 0 Å². The van der Waals surface area contributed by atoms with Crippen LogP contribution in [-0.2, 0) is 10.0 Å². The van der Waals surface area contributed by atoms with E-state index in [4.69, 9.17) is 4.74 Å².